The molecule has 0 radical (unpaired) electrons. The summed E-state index contributed by atoms with van der Waals surface area (Å²) < 4.78 is 0.746. The van der Waals surface area contributed by atoms with Gasteiger partial charge in [0.25, 0.3) is 0 Å². The molecule has 0 amide bonds. The number of nitrogens with zero attached hydrogens (tertiary/aromatic N) is 2. The van der Waals surface area contributed by atoms with Crippen molar-refractivity contribution >= 4 is 15.9 Å². The average Bonchev–Trinajstić information content (AvgIpc) is 2.21. The summed E-state index contributed by atoms with van der Waals surface area (Å²) in [5.41, 5.74) is 2.59. The number of halogens is 1. The zero-order valence-corrected chi connectivity index (χ0v) is 10.3. The summed E-state index contributed by atoms with van der Waals surface area (Å²) in [6, 6.07) is 8.09. The van der Waals surface area contributed by atoms with E-state index in [0.29, 0.717) is 17.9 Å². The second kappa shape index (κ2) is 4.96. The topological polar surface area (TPSA) is 47.6 Å². The minimum atomic E-state index is 0.329. The molecular formula is C12H11BrN2. The van der Waals surface area contributed by atoms with Gasteiger partial charge in [-0.05, 0) is 39.0 Å². The van der Waals surface area contributed by atoms with Crippen LogP contribution in [0.2, 0.25) is 0 Å². The summed E-state index contributed by atoms with van der Waals surface area (Å²) in [5, 5.41) is 17.6. The Kier molecular flexibility index (Phi) is 3.88. The molecule has 0 aliphatic heterocycles. The zero-order valence-electron chi connectivity index (χ0n) is 8.71. The summed E-state index contributed by atoms with van der Waals surface area (Å²) in [4.78, 5) is 0. The molecule has 1 aromatic carbocycles. The number of nitriles is 2. The van der Waals surface area contributed by atoms with E-state index < -0.39 is 0 Å². The number of benzene rings is 1. The van der Waals surface area contributed by atoms with E-state index in [-0.39, 0.29) is 0 Å². The molecule has 15 heavy (non-hydrogen) atoms. The van der Waals surface area contributed by atoms with Gasteiger partial charge in [0.15, 0.2) is 0 Å². The number of rotatable bonds is 2. The van der Waals surface area contributed by atoms with Crippen LogP contribution in [0.3, 0.4) is 0 Å². The molecule has 3 heteroatoms. The molecule has 0 N–H and O–H groups in total. The minimum absolute atomic E-state index is 0.329. The molecule has 0 saturated carbocycles. The Balaban J connectivity index is 3.34. The van der Waals surface area contributed by atoms with Crippen molar-refractivity contribution in [3.63, 3.8) is 0 Å². The van der Waals surface area contributed by atoms with Crippen LogP contribution in [0.25, 0.3) is 0 Å². The first-order valence-electron chi connectivity index (χ1n) is 4.69. The molecule has 0 spiro atoms. The zero-order chi connectivity index (χ0) is 11.4. The highest BCUT2D eigenvalue weighted by Crippen LogP contribution is 2.27. The molecule has 2 nitrogen and oxygen atoms in total. The summed E-state index contributed by atoms with van der Waals surface area (Å²) in [7, 11) is 0. The van der Waals surface area contributed by atoms with Gasteiger partial charge in [-0.25, -0.2) is 0 Å². The molecule has 76 valence electrons. The van der Waals surface area contributed by atoms with Crippen molar-refractivity contribution < 1.29 is 0 Å². The Morgan fingerprint density at radius 2 is 2.00 bits per heavy atom. The Morgan fingerprint density at radius 3 is 2.47 bits per heavy atom. The maximum atomic E-state index is 8.95. The van der Waals surface area contributed by atoms with Crippen molar-refractivity contribution in [1.29, 1.82) is 10.5 Å². The summed E-state index contributed by atoms with van der Waals surface area (Å²) in [6.45, 7) is 4.14. The average molecular weight is 263 g/mol. The Hall–Kier alpha value is -1.32. The van der Waals surface area contributed by atoms with Gasteiger partial charge in [0.2, 0.25) is 0 Å². The lowest BCUT2D eigenvalue weighted by Gasteiger charge is -2.10. The van der Waals surface area contributed by atoms with Crippen molar-refractivity contribution in [3.8, 4) is 12.1 Å². The first-order valence-corrected chi connectivity index (χ1v) is 5.48. The van der Waals surface area contributed by atoms with Crippen LogP contribution in [0.15, 0.2) is 16.6 Å². The first kappa shape index (κ1) is 11.8. The monoisotopic (exact) mass is 262 g/mol. The molecule has 1 aromatic rings. The van der Waals surface area contributed by atoms with Crippen LogP contribution in [0, 0.1) is 22.7 Å². The van der Waals surface area contributed by atoms with Crippen LogP contribution >= 0.6 is 15.9 Å². The van der Waals surface area contributed by atoms with Crippen LogP contribution in [-0.2, 0) is 6.42 Å². The van der Waals surface area contributed by atoms with E-state index in [2.05, 4.69) is 41.9 Å². The van der Waals surface area contributed by atoms with E-state index >= 15 is 0 Å². The lowest BCUT2D eigenvalue weighted by Crippen LogP contribution is -1.95. The maximum Gasteiger partial charge on any atom is 0.100 e. The van der Waals surface area contributed by atoms with Crippen molar-refractivity contribution in [2.45, 2.75) is 26.2 Å². The van der Waals surface area contributed by atoms with Gasteiger partial charge in [-0.15, -0.1) is 0 Å². The normalized spacial score (nSPS) is 9.73. The Morgan fingerprint density at radius 1 is 1.33 bits per heavy atom. The molecule has 0 fully saturated rings. The summed E-state index contributed by atoms with van der Waals surface area (Å²) in [5.74, 6) is 0.364. The van der Waals surface area contributed by atoms with E-state index in [4.69, 9.17) is 10.5 Å². The molecule has 0 aromatic heterocycles. The predicted octanol–water partition coefficient (Wildman–Crippen LogP) is 3.51. The first-order chi connectivity index (χ1) is 7.10. The van der Waals surface area contributed by atoms with Gasteiger partial charge in [-0.1, -0.05) is 19.9 Å². The fraction of sp³-hybridized carbons (Fsp3) is 0.333. The third-order valence-corrected chi connectivity index (χ3v) is 3.16. The SMILES string of the molecule is CC(C)c1cc(C#N)c(Br)c(CC#N)c1. The van der Waals surface area contributed by atoms with E-state index in [0.717, 1.165) is 15.6 Å². The molecule has 0 bridgehead atoms. The van der Waals surface area contributed by atoms with Crippen LogP contribution in [0.5, 0.6) is 0 Å². The van der Waals surface area contributed by atoms with Crippen LogP contribution < -0.4 is 0 Å². The second-order valence-electron chi connectivity index (χ2n) is 3.64. The Bertz CT molecular complexity index is 450. The number of hydrogen-bond donors (Lipinski definition) is 0. The third-order valence-electron chi connectivity index (χ3n) is 2.23. The van der Waals surface area contributed by atoms with Gasteiger partial charge in [0.1, 0.15) is 6.07 Å². The predicted molar refractivity (Wildman–Crippen MR) is 62.3 cm³/mol. The highest BCUT2D eigenvalue weighted by atomic mass is 79.9. The van der Waals surface area contributed by atoms with Crippen molar-refractivity contribution in [2.24, 2.45) is 0 Å². The molecule has 0 saturated heterocycles. The maximum absolute atomic E-state index is 8.95. The molecule has 0 heterocycles. The van der Waals surface area contributed by atoms with Gasteiger partial charge < -0.3 is 0 Å². The summed E-state index contributed by atoms with van der Waals surface area (Å²) in [6.07, 6.45) is 0.329. The van der Waals surface area contributed by atoms with Gasteiger partial charge in [-0.2, -0.15) is 10.5 Å². The molecule has 0 atom stereocenters. The van der Waals surface area contributed by atoms with Gasteiger partial charge >= 0.3 is 0 Å². The quantitative estimate of drug-likeness (QED) is 0.819. The molecule has 1 rings (SSSR count). The lowest BCUT2D eigenvalue weighted by molar-refractivity contribution is 0.862. The van der Waals surface area contributed by atoms with E-state index in [1.165, 1.54) is 0 Å². The standard InChI is InChI=1S/C12H11BrN2/c1-8(2)10-5-9(3-4-14)12(13)11(6-10)7-15/h5-6,8H,3H2,1-2H3. The van der Waals surface area contributed by atoms with E-state index in [1.54, 1.807) is 0 Å². The van der Waals surface area contributed by atoms with E-state index in [1.807, 2.05) is 12.1 Å². The highest BCUT2D eigenvalue weighted by molar-refractivity contribution is 9.10. The largest absolute Gasteiger partial charge is 0.198 e. The van der Waals surface area contributed by atoms with E-state index in [9.17, 15) is 0 Å². The van der Waals surface area contributed by atoms with Crippen molar-refractivity contribution in [1.82, 2.24) is 0 Å². The van der Waals surface area contributed by atoms with Crippen molar-refractivity contribution in [3.05, 3.63) is 33.3 Å². The van der Waals surface area contributed by atoms with Crippen LogP contribution in [0.1, 0.15) is 36.5 Å². The minimum Gasteiger partial charge on any atom is -0.198 e. The lowest BCUT2D eigenvalue weighted by atomic mass is 9.97. The fourth-order valence-corrected chi connectivity index (χ4v) is 1.80. The molecule has 0 unspecified atom stereocenters. The Labute approximate surface area is 98.3 Å². The van der Waals surface area contributed by atoms with Crippen LogP contribution in [0.4, 0.5) is 0 Å². The second-order valence-corrected chi connectivity index (χ2v) is 4.44. The van der Waals surface area contributed by atoms with Crippen molar-refractivity contribution in [2.75, 3.05) is 0 Å². The summed E-state index contributed by atoms with van der Waals surface area (Å²) >= 11 is 3.35. The molecular weight excluding hydrogens is 252 g/mol. The fourth-order valence-electron chi connectivity index (χ4n) is 1.34. The number of hydrogen-bond acceptors (Lipinski definition) is 2. The molecule has 0 aliphatic rings. The smallest absolute Gasteiger partial charge is 0.100 e. The van der Waals surface area contributed by atoms with Gasteiger partial charge in [-0.3, -0.25) is 0 Å². The van der Waals surface area contributed by atoms with Gasteiger partial charge in [0, 0.05) is 4.47 Å². The molecule has 0 aliphatic carbocycles. The van der Waals surface area contributed by atoms with Crippen LogP contribution in [-0.4, -0.2) is 0 Å². The highest BCUT2D eigenvalue weighted by Gasteiger charge is 2.10. The van der Waals surface area contributed by atoms with Gasteiger partial charge in [0.05, 0.1) is 18.1 Å². The third kappa shape index (κ3) is 2.58.